The maximum Gasteiger partial charge on any atom is 0.0237 e. The van der Waals surface area contributed by atoms with Gasteiger partial charge in [0.2, 0.25) is 0 Å². The summed E-state index contributed by atoms with van der Waals surface area (Å²) in [5.41, 5.74) is 2.88. The maximum absolute atomic E-state index is 3.76. The summed E-state index contributed by atoms with van der Waals surface area (Å²) in [6.45, 7) is 12.7. The third-order valence-corrected chi connectivity index (χ3v) is 5.17. The highest BCUT2D eigenvalue weighted by Gasteiger charge is 2.25. The van der Waals surface area contributed by atoms with Crippen LogP contribution in [0.3, 0.4) is 0 Å². The lowest BCUT2D eigenvalue weighted by Gasteiger charge is -2.31. The van der Waals surface area contributed by atoms with Gasteiger partial charge in [0.05, 0.1) is 0 Å². The Kier molecular flexibility index (Phi) is 6.25. The summed E-state index contributed by atoms with van der Waals surface area (Å²) >= 11 is 0. The molecule has 0 aliphatic carbocycles. The monoisotopic (exact) mass is 288 g/mol. The molecule has 118 valence electrons. The Bertz CT molecular complexity index is 412. The molecule has 0 radical (unpaired) electrons. The van der Waals surface area contributed by atoms with Crippen molar-refractivity contribution in [1.82, 2.24) is 10.2 Å². The normalized spacial score (nSPS) is 25.5. The largest absolute Gasteiger partial charge is 0.312 e. The van der Waals surface area contributed by atoms with Crippen LogP contribution in [-0.2, 0) is 13.0 Å². The minimum absolute atomic E-state index is 0.634. The standard InChI is InChI=1S/C19H32N2/c1-5-15(3)19-14-21(16(4)11-12-20-19)13-18-9-7-17(6-2)8-10-18/h7-10,15-16,19-20H,5-6,11-14H2,1-4H3. The second-order valence-electron chi connectivity index (χ2n) is 6.68. The van der Waals surface area contributed by atoms with E-state index in [-0.39, 0.29) is 0 Å². The van der Waals surface area contributed by atoms with E-state index < -0.39 is 0 Å². The minimum Gasteiger partial charge on any atom is -0.312 e. The van der Waals surface area contributed by atoms with Crippen LogP contribution in [0.1, 0.15) is 51.7 Å². The molecule has 1 heterocycles. The number of nitrogens with zero attached hydrogens (tertiary/aromatic N) is 1. The molecular weight excluding hydrogens is 256 g/mol. The van der Waals surface area contributed by atoms with Crippen molar-refractivity contribution in [3.63, 3.8) is 0 Å². The van der Waals surface area contributed by atoms with Gasteiger partial charge in [0.15, 0.2) is 0 Å². The fraction of sp³-hybridized carbons (Fsp3) is 0.684. The summed E-state index contributed by atoms with van der Waals surface area (Å²) in [5.74, 6) is 0.750. The van der Waals surface area contributed by atoms with E-state index in [0.29, 0.717) is 12.1 Å². The van der Waals surface area contributed by atoms with Crippen LogP contribution in [0.4, 0.5) is 0 Å². The van der Waals surface area contributed by atoms with Gasteiger partial charge in [-0.05, 0) is 43.4 Å². The van der Waals surface area contributed by atoms with Gasteiger partial charge in [0.1, 0.15) is 0 Å². The van der Waals surface area contributed by atoms with E-state index in [9.17, 15) is 0 Å². The Morgan fingerprint density at radius 3 is 2.48 bits per heavy atom. The Balaban J connectivity index is 2.03. The number of aryl methyl sites for hydroxylation is 1. The second-order valence-corrected chi connectivity index (χ2v) is 6.68. The van der Waals surface area contributed by atoms with Gasteiger partial charge >= 0.3 is 0 Å². The number of rotatable bonds is 5. The van der Waals surface area contributed by atoms with Gasteiger partial charge < -0.3 is 5.32 Å². The first-order chi connectivity index (χ1) is 10.1. The lowest BCUT2D eigenvalue weighted by atomic mass is 9.98. The summed E-state index contributed by atoms with van der Waals surface area (Å²) in [4.78, 5) is 2.66. The summed E-state index contributed by atoms with van der Waals surface area (Å²) in [5, 5.41) is 3.76. The molecule has 2 nitrogen and oxygen atoms in total. The zero-order valence-electron chi connectivity index (χ0n) is 14.2. The summed E-state index contributed by atoms with van der Waals surface area (Å²) in [7, 11) is 0. The first kappa shape index (κ1) is 16.5. The molecule has 1 aliphatic heterocycles. The quantitative estimate of drug-likeness (QED) is 0.885. The number of nitrogens with one attached hydrogen (secondary N) is 1. The molecule has 0 amide bonds. The smallest absolute Gasteiger partial charge is 0.0237 e. The highest BCUT2D eigenvalue weighted by atomic mass is 15.2. The molecule has 3 atom stereocenters. The predicted octanol–water partition coefficient (Wildman–Crippen LogP) is 3.85. The zero-order chi connectivity index (χ0) is 15.2. The SMILES string of the molecule is CCc1ccc(CN2CC(C(C)CC)NCCC2C)cc1. The average molecular weight is 288 g/mol. The lowest BCUT2D eigenvalue weighted by molar-refractivity contribution is 0.180. The van der Waals surface area contributed by atoms with Crippen molar-refractivity contribution in [2.75, 3.05) is 13.1 Å². The summed E-state index contributed by atoms with van der Waals surface area (Å²) < 4.78 is 0. The molecule has 0 bridgehead atoms. The first-order valence-electron chi connectivity index (χ1n) is 8.69. The van der Waals surface area contributed by atoms with E-state index in [2.05, 4.69) is 62.2 Å². The third-order valence-electron chi connectivity index (χ3n) is 5.17. The van der Waals surface area contributed by atoms with Gasteiger partial charge in [0, 0.05) is 25.2 Å². The number of hydrogen-bond acceptors (Lipinski definition) is 2. The number of hydrogen-bond donors (Lipinski definition) is 1. The van der Waals surface area contributed by atoms with E-state index in [1.165, 1.54) is 30.5 Å². The van der Waals surface area contributed by atoms with Gasteiger partial charge in [-0.1, -0.05) is 51.5 Å². The Hall–Kier alpha value is -0.860. The molecule has 3 unspecified atom stereocenters. The van der Waals surface area contributed by atoms with Gasteiger partial charge in [-0.2, -0.15) is 0 Å². The van der Waals surface area contributed by atoms with E-state index in [1.807, 2.05) is 0 Å². The van der Waals surface area contributed by atoms with Crippen LogP contribution in [0.15, 0.2) is 24.3 Å². The fourth-order valence-corrected chi connectivity index (χ4v) is 3.16. The highest BCUT2D eigenvalue weighted by Crippen LogP contribution is 2.18. The summed E-state index contributed by atoms with van der Waals surface area (Å²) in [6.07, 6.45) is 3.63. The van der Waals surface area contributed by atoms with Crippen molar-refractivity contribution in [1.29, 1.82) is 0 Å². The minimum atomic E-state index is 0.634. The highest BCUT2D eigenvalue weighted by molar-refractivity contribution is 5.22. The zero-order valence-corrected chi connectivity index (χ0v) is 14.2. The maximum atomic E-state index is 3.76. The van der Waals surface area contributed by atoms with Crippen LogP contribution in [0.5, 0.6) is 0 Å². The predicted molar refractivity (Wildman–Crippen MR) is 91.6 cm³/mol. The first-order valence-corrected chi connectivity index (χ1v) is 8.69. The van der Waals surface area contributed by atoms with Gasteiger partial charge in [-0.3, -0.25) is 4.90 Å². The molecule has 1 aromatic rings. The molecule has 0 spiro atoms. The number of benzene rings is 1. The molecule has 1 fully saturated rings. The van der Waals surface area contributed by atoms with Crippen LogP contribution in [0.2, 0.25) is 0 Å². The van der Waals surface area contributed by atoms with Crippen LogP contribution >= 0.6 is 0 Å². The molecule has 0 saturated carbocycles. The molecule has 2 heteroatoms. The molecule has 1 N–H and O–H groups in total. The van der Waals surface area contributed by atoms with Gasteiger partial charge in [0.25, 0.3) is 0 Å². The van der Waals surface area contributed by atoms with E-state index in [4.69, 9.17) is 0 Å². The van der Waals surface area contributed by atoms with Gasteiger partial charge in [-0.15, -0.1) is 0 Å². The summed E-state index contributed by atoms with van der Waals surface area (Å²) in [6, 6.07) is 10.5. The average Bonchev–Trinajstić information content (AvgIpc) is 2.69. The molecule has 2 rings (SSSR count). The molecule has 21 heavy (non-hydrogen) atoms. The van der Waals surface area contributed by atoms with Gasteiger partial charge in [-0.25, -0.2) is 0 Å². The molecule has 1 aromatic carbocycles. The van der Waals surface area contributed by atoms with Crippen molar-refractivity contribution >= 4 is 0 Å². The fourth-order valence-electron chi connectivity index (χ4n) is 3.16. The van der Waals surface area contributed by atoms with Crippen molar-refractivity contribution in [3.05, 3.63) is 35.4 Å². The van der Waals surface area contributed by atoms with Crippen molar-refractivity contribution < 1.29 is 0 Å². The van der Waals surface area contributed by atoms with Crippen molar-refractivity contribution in [2.45, 2.75) is 65.6 Å². The third kappa shape index (κ3) is 4.55. The van der Waals surface area contributed by atoms with Crippen LogP contribution < -0.4 is 5.32 Å². The lowest BCUT2D eigenvalue weighted by Crippen LogP contribution is -2.43. The molecular formula is C19H32N2. The Morgan fingerprint density at radius 1 is 1.19 bits per heavy atom. The Morgan fingerprint density at radius 2 is 1.86 bits per heavy atom. The topological polar surface area (TPSA) is 15.3 Å². The molecule has 1 aliphatic rings. The van der Waals surface area contributed by atoms with Crippen molar-refractivity contribution in [2.24, 2.45) is 5.92 Å². The van der Waals surface area contributed by atoms with Crippen LogP contribution in [0.25, 0.3) is 0 Å². The van der Waals surface area contributed by atoms with E-state index >= 15 is 0 Å². The van der Waals surface area contributed by atoms with Crippen molar-refractivity contribution in [3.8, 4) is 0 Å². The molecule has 0 aromatic heterocycles. The Labute approximate surface area is 130 Å². The second kappa shape index (κ2) is 7.95. The van der Waals surface area contributed by atoms with E-state index in [0.717, 1.165) is 25.4 Å². The van der Waals surface area contributed by atoms with Crippen LogP contribution in [0, 0.1) is 5.92 Å². The van der Waals surface area contributed by atoms with E-state index in [1.54, 1.807) is 0 Å². The van der Waals surface area contributed by atoms with Crippen LogP contribution in [-0.4, -0.2) is 30.1 Å². The molecule has 1 saturated heterocycles.